The molecule has 0 aliphatic heterocycles. The fourth-order valence-corrected chi connectivity index (χ4v) is 3.17. The number of hydrogen-bond donors (Lipinski definition) is 1. The number of amides is 2. The van der Waals surface area contributed by atoms with Gasteiger partial charge < -0.3 is 10.2 Å². The summed E-state index contributed by atoms with van der Waals surface area (Å²) in [6.45, 7) is 6.37. The van der Waals surface area contributed by atoms with Crippen molar-refractivity contribution in [2.24, 2.45) is 5.92 Å². The van der Waals surface area contributed by atoms with Gasteiger partial charge in [-0.3, -0.25) is 9.59 Å². The molecule has 2 aromatic rings. The van der Waals surface area contributed by atoms with Gasteiger partial charge in [0.2, 0.25) is 5.91 Å². The number of carbonyl (C=O) groups is 2. The van der Waals surface area contributed by atoms with Crippen molar-refractivity contribution in [2.45, 2.75) is 38.3 Å². The van der Waals surface area contributed by atoms with Crippen LogP contribution >= 0.6 is 11.8 Å². The van der Waals surface area contributed by atoms with E-state index >= 15 is 0 Å². The number of thioether (sulfide) groups is 1. The standard InChI is InChI=1S/C22H28N2O2S/c1-15(2)20(23-21(25)18-10-6-16(3)7-11-18)22(26)24(4)14-17-8-12-19(27-5)13-9-17/h6-13,15,20H,14H2,1-5H3,(H,23,25)/t20-/m0/s1. The molecule has 0 aliphatic carbocycles. The second-order valence-electron chi connectivity index (χ2n) is 7.10. The fourth-order valence-electron chi connectivity index (χ4n) is 2.76. The van der Waals surface area contributed by atoms with Crippen LogP contribution in [0.4, 0.5) is 0 Å². The van der Waals surface area contributed by atoms with Gasteiger partial charge in [-0.05, 0) is 48.9 Å². The summed E-state index contributed by atoms with van der Waals surface area (Å²) in [7, 11) is 1.78. The first kappa shape index (κ1) is 21.0. The molecule has 0 heterocycles. The smallest absolute Gasteiger partial charge is 0.251 e. The molecule has 0 radical (unpaired) electrons. The molecule has 0 spiro atoms. The largest absolute Gasteiger partial charge is 0.340 e. The van der Waals surface area contributed by atoms with Crippen LogP contribution in [0.5, 0.6) is 0 Å². The summed E-state index contributed by atoms with van der Waals surface area (Å²) >= 11 is 1.69. The number of rotatable bonds is 7. The first-order chi connectivity index (χ1) is 12.8. The van der Waals surface area contributed by atoms with E-state index in [1.54, 1.807) is 35.8 Å². The third kappa shape index (κ3) is 5.86. The Bertz CT molecular complexity index is 770. The highest BCUT2D eigenvalue weighted by Crippen LogP contribution is 2.16. The highest BCUT2D eigenvalue weighted by Gasteiger charge is 2.27. The minimum Gasteiger partial charge on any atom is -0.340 e. The molecule has 0 saturated heterocycles. The van der Waals surface area contributed by atoms with E-state index in [-0.39, 0.29) is 17.7 Å². The lowest BCUT2D eigenvalue weighted by Crippen LogP contribution is -2.50. The Morgan fingerprint density at radius 1 is 1.04 bits per heavy atom. The van der Waals surface area contributed by atoms with Crippen LogP contribution < -0.4 is 5.32 Å². The van der Waals surface area contributed by atoms with E-state index in [9.17, 15) is 9.59 Å². The number of carbonyl (C=O) groups excluding carboxylic acids is 2. The lowest BCUT2D eigenvalue weighted by Gasteiger charge is -2.27. The highest BCUT2D eigenvalue weighted by atomic mass is 32.2. The average Bonchev–Trinajstić information content (AvgIpc) is 2.66. The molecule has 2 aromatic carbocycles. The van der Waals surface area contributed by atoms with E-state index in [4.69, 9.17) is 0 Å². The normalized spacial score (nSPS) is 11.9. The van der Waals surface area contributed by atoms with Gasteiger partial charge in [0.1, 0.15) is 6.04 Å². The number of aryl methyl sites for hydroxylation is 1. The predicted octanol–water partition coefficient (Wildman–Crippen LogP) is 4.13. The molecule has 0 aliphatic rings. The van der Waals surface area contributed by atoms with Crippen molar-refractivity contribution in [2.75, 3.05) is 13.3 Å². The summed E-state index contributed by atoms with van der Waals surface area (Å²) < 4.78 is 0. The number of likely N-dealkylation sites (N-methyl/N-ethyl adjacent to an activating group) is 1. The molecule has 2 amide bonds. The minimum atomic E-state index is -0.561. The molecule has 0 bridgehead atoms. The van der Waals surface area contributed by atoms with Crippen LogP contribution in [0, 0.1) is 12.8 Å². The van der Waals surface area contributed by atoms with Crippen LogP contribution in [0.3, 0.4) is 0 Å². The predicted molar refractivity (Wildman–Crippen MR) is 112 cm³/mol. The van der Waals surface area contributed by atoms with Crippen molar-refractivity contribution in [3.8, 4) is 0 Å². The van der Waals surface area contributed by atoms with Crippen molar-refractivity contribution < 1.29 is 9.59 Å². The molecular weight excluding hydrogens is 356 g/mol. The van der Waals surface area contributed by atoms with Crippen molar-refractivity contribution in [1.29, 1.82) is 0 Å². The number of benzene rings is 2. The molecule has 1 N–H and O–H groups in total. The van der Waals surface area contributed by atoms with Gasteiger partial charge in [-0.2, -0.15) is 0 Å². The maximum atomic E-state index is 12.9. The van der Waals surface area contributed by atoms with Crippen LogP contribution in [0.1, 0.15) is 35.3 Å². The molecular formula is C22H28N2O2S. The molecule has 0 aromatic heterocycles. The zero-order chi connectivity index (χ0) is 20.0. The van der Waals surface area contributed by atoms with Gasteiger partial charge in [-0.25, -0.2) is 0 Å². The highest BCUT2D eigenvalue weighted by molar-refractivity contribution is 7.98. The summed E-state index contributed by atoms with van der Waals surface area (Å²) in [5, 5.41) is 2.90. The molecule has 1 atom stereocenters. The molecule has 5 heteroatoms. The van der Waals surface area contributed by atoms with E-state index < -0.39 is 6.04 Å². The lowest BCUT2D eigenvalue weighted by molar-refractivity contribution is -0.133. The molecule has 2 rings (SSSR count). The topological polar surface area (TPSA) is 49.4 Å². The van der Waals surface area contributed by atoms with Gasteiger partial charge in [0.25, 0.3) is 5.91 Å². The average molecular weight is 385 g/mol. The monoisotopic (exact) mass is 384 g/mol. The maximum Gasteiger partial charge on any atom is 0.251 e. The van der Waals surface area contributed by atoms with Gasteiger partial charge >= 0.3 is 0 Å². The quantitative estimate of drug-likeness (QED) is 0.730. The molecule has 144 valence electrons. The fraction of sp³-hybridized carbons (Fsp3) is 0.364. The molecule has 0 saturated carbocycles. The van der Waals surface area contributed by atoms with Crippen LogP contribution in [0.25, 0.3) is 0 Å². The van der Waals surface area contributed by atoms with E-state index in [0.717, 1.165) is 11.1 Å². The summed E-state index contributed by atoms with van der Waals surface area (Å²) in [6.07, 6.45) is 2.04. The van der Waals surface area contributed by atoms with Crippen LogP contribution in [0.2, 0.25) is 0 Å². The van der Waals surface area contributed by atoms with Gasteiger partial charge in [0.05, 0.1) is 0 Å². The molecule has 4 nitrogen and oxygen atoms in total. The third-order valence-electron chi connectivity index (χ3n) is 4.49. The molecule has 0 fully saturated rings. The zero-order valence-corrected chi connectivity index (χ0v) is 17.5. The second-order valence-corrected chi connectivity index (χ2v) is 7.98. The summed E-state index contributed by atoms with van der Waals surface area (Å²) in [5.74, 6) is -0.313. The first-order valence-corrected chi connectivity index (χ1v) is 10.3. The Morgan fingerprint density at radius 3 is 2.15 bits per heavy atom. The summed E-state index contributed by atoms with van der Waals surface area (Å²) in [4.78, 5) is 28.4. The van der Waals surface area contributed by atoms with E-state index in [0.29, 0.717) is 12.1 Å². The summed E-state index contributed by atoms with van der Waals surface area (Å²) in [6, 6.07) is 15.0. The second kappa shape index (κ2) is 9.60. The third-order valence-corrected chi connectivity index (χ3v) is 5.23. The first-order valence-electron chi connectivity index (χ1n) is 9.07. The Balaban J connectivity index is 2.06. The van der Waals surface area contributed by atoms with Crippen molar-refractivity contribution in [1.82, 2.24) is 10.2 Å². The van der Waals surface area contributed by atoms with Gasteiger partial charge in [-0.15, -0.1) is 11.8 Å². The lowest BCUT2D eigenvalue weighted by atomic mass is 10.0. The Kier molecular flexibility index (Phi) is 7.48. The minimum absolute atomic E-state index is 0.00628. The van der Waals surface area contributed by atoms with Gasteiger partial charge in [0, 0.05) is 24.1 Å². The number of hydrogen-bond acceptors (Lipinski definition) is 3. The van der Waals surface area contributed by atoms with Crippen molar-refractivity contribution >= 4 is 23.6 Å². The van der Waals surface area contributed by atoms with E-state index in [1.807, 2.05) is 51.3 Å². The maximum absolute atomic E-state index is 12.9. The van der Waals surface area contributed by atoms with E-state index in [1.165, 1.54) is 4.90 Å². The molecule has 0 unspecified atom stereocenters. The van der Waals surface area contributed by atoms with Crippen molar-refractivity contribution in [3.05, 3.63) is 65.2 Å². The Morgan fingerprint density at radius 2 is 1.63 bits per heavy atom. The number of nitrogens with one attached hydrogen (secondary N) is 1. The zero-order valence-electron chi connectivity index (χ0n) is 16.7. The Labute approximate surface area is 166 Å². The summed E-state index contributed by atoms with van der Waals surface area (Å²) in [5.41, 5.74) is 2.72. The van der Waals surface area contributed by atoms with Crippen molar-refractivity contribution in [3.63, 3.8) is 0 Å². The number of nitrogens with zero attached hydrogens (tertiary/aromatic N) is 1. The Hall–Kier alpha value is -2.27. The van der Waals surface area contributed by atoms with Gasteiger partial charge in [-0.1, -0.05) is 43.7 Å². The molecule has 27 heavy (non-hydrogen) atoms. The van der Waals surface area contributed by atoms with Crippen LogP contribution in [0.15, 0.2) is 53.4 Å². The van der Waals surface area contributed by atoms with Crippen LogP contribution in [-0.4, -0.2) is 36.1 Å². The van der Waals surface area contributed by atoms with Gasteiger partial charge in [0.15, 0.2) is 0 Å². The SMILES string of the molecule is CSc1ccc(CN(C)C(=O)[C@@H](NC(=O)c2ccc(C)cc2)C(C)C)cc1. The van der Waals surface area contributed by atoms with E-state index in [2.05, 4.69) is 17.4 Å². The van der Waals surface area contributed by atoms with Crippen LogP contribution in [-0.2, 0) is 11.3 Å².